The summed E-state index contributed by atoms with van der Waals surface area (Å²) in [4.78, 5) is 0. The van der Waals surface area contributed by atoms with E-state index in [4.69, 9.17) is 21.7 Å². The molecular formula is C6H6F2N2O2. The van der Waals surface area contributed by atoms with Crippen molar-refractivity contribution in [3.05, 3.63) is 11.6 Å². The molecule has 0 amide bonds. The number of nitrogen functional groups attached to an aromatic ring is 2. The van der Waals surface area contributed by atoms with Gasteiger partial charge in [-0.3, -0.25) is 0 Å². The number of aromatic hydroxyl groups is 2. The maximum absolute atomic E-state index is 12.7. The van der Waals surface area contributed by atoms with Gasteiger partial charge in [-0.15, -0.1) is 0 Å². The molecule has 12 heavy (non-hydrogen) atoms. The number of halogens is 2. The first-order chi connectivity index (χ1) is 5.46. The molecule has 4 nitrogen and oxygen atoms in total. The first-order valence-electron chi connectivity index (χ1n) is 2.90. The Hall–Kier alpha value is -1.72. The molecule has 0 aromatic heterocycles. The molecule has 6 heteroatoms. The minimum absolute atomic E-state index is 0.862. The number of benzene rings is 1. The topological polar surface area (TPSA) is 92.5 Å². The number of hydrogen-bond acceptors (Lipinski definition) is 4. The number of phenolic OH excluding ortho intramolecular Hbond substituents is 2. The zero-order chi connectivity index (χ0) is 9.46. The molecule has 0 bridgehead atoms. The van der Waals surface area contributed by atoms with Gasteiger partial charge in [0.15, 0.2) is 23.1 Å². The van der Waals surface area contributed by atoms with Gasteiger partial charge in [0, 0.05) is 0 Å². The first-order valence-corrected chi connectivity index (χ1v) is 2.90. The van der Waals surface area contributed by atoms with Gasteiger partial charge in [-0.2, -0.15) is 0 Å². The Morgan fingerprint density at radius 3 is 1.33 bits per heavy atom. The molecule has 0 saturated carbocycles. The largest absolute Gasteiger partial charge is 0.503 e. The molecule has 0 aliphatic rings. The monoisotopic (exact) mass is 176 g/mol. The fraction of sp³-hybridized carbons (Fsp3) is 0. The highest BCUT2D eigenvalue weighted by atomic mass is 19.1. The molecule has 0 aliphatic carbocycles. The summed E-state index contributed by atoms with van der Waals surface area (Å²) in [5.41, 5.74) is 8.02. The van der Waals surface area contributed by atoms with Crippen LogP contribution in [0.5, 0.6) is 11.5 Å². The van der Waals surface area contributed by atoms with Crippen molar-refractivity contribution in [2.75, 3.05) is 11.5 Å². The van der Waals surface area contributed by atoms with Gasteiger partial charge in [-0.05, 0) is 0 Å². The van der Waals surface area contributed by atoms with Gasteiger partial charge in [-0.1, -0.05) is 0 Å². The van der Waals surface area contributed by atoms with E-state index >= 15 is 0 Å². The van der Waals surface area contributed by atoms with Crippen LogP contribution in [0, 0.1) is 11.6 Å². The Kier molecular flexibility index (Phi) is 1.68. The van der Waals surface area contributed by atoms with E-state index in [0.717, 1.165) is 0 Å². The second kappa shape index (κ2) is 2.40. The van der Waals surface area contributed by atoms with Crippen LogP contribution in [-0.4, -0.2) is 10.2 Å². The van der Waals surface area contributed by atoms with Crippen molar-refractivity contribution >= 4 is 11.4 Å². The van der Waals surface area contributed by atoms with E-state index in [1.807, 2.05) is 0 Å². The molecule has 0 radical (unpaired) electrons. The van der Waals surface area contributed by atoms with Gasteiger partial charge in [0.2, 0.25) is 0 Å². The van der Waals surface area contributed by atoms with Crippen molar-refractivity contribution in [3.8, 4) is 11.5 Å². The minimum atomic E-state index is -1.33. The van der Waals surface area contributed by atoms with Gasteiger partial charge in [0.05, 0.1) is 0 Å². The highest BCUT2D eigenvalue weighted by molar-refractivity contribution is 5.68. The van der Waals surface area contributed by atoms with Gasteiger partial charge >= 0.3 is 0 Å². The van der Waals surface area contributed by atoms with Crippen LogP contribution >= 0.6 is 0 Å². The first kappa shape index (κ1) is 8.38. The Labute approximate surface area is 66.0 Å². The van der Waals surface area contributed by atoms with E-state index in [1.165, 1.54) is 0 Å². The van der Waals surface area contributed by atoms with E-state index in [0.29, 0.717) is 0 Å². The number of rotatable bonds is 0. The van der Waals surface area contributed by atoms with E-state index in [-0.39, 0.29) is 0 Å². The van der Waals surface area contributed by atoms with Crippen LogP contribution in [0.3, 0.4) is 0 Å². The summed E-state index contributed by atoms with van der Waals surface area (Å²) in [5.74, 6) is -4.84. The van der Waals surface area contributed by atoms with Crippen molar-refractivity contribution in [1.29, 1.82) is 0 Å². The lowest BCUT2D eigenvalue weighted by atomic mass is 10.2. The normalized spacial score (nSPS) is 10.2. The summed E-state index contributed by atoms with van der Waals surface area (Å²) >= 11 is 0. The summed E-state index contributed by atoms with van der Waals surface area (Å²) in [6, 6.07) is 0. The second-order valence-corrected chi connectivity index (χ2v) is 2.15. The quantitative estimate of drug-likeness (QED) is 0.263. The Morgan fingerprint density at radius 1 is 0.833 bits per heavy atom. The Balaban J connectivity index is 3.60. The lowest BCUT2D eigenvalue weighted by Crippen LogP contribution is -1.99. The van der Waals surface area contributed by atoms with Crippen LogP contribution in [-0.2, 0) is 0 Å². The molecule has 0 spiro atoms. The fourth-order valence-corrected chi connectivity index (χ4v) is 0.699. The van der Waals surface area contributed by atoms with Crippen LogP contribution in [0.15, 0.2) is 0 Å². The molecule has 0 fully saturated rings. The van der Waals surface area contributed by atoms with Crippen molar-refractivity contribution in [2.24, 2.45) is 0 Å². The summed E-state index contributed by atoms with van der Waals surface area (Å²) < 4.78 is 25.3. The lowest BCUT2D eigenvalue weighted by Gasteiger charge is -2.06. The average molecular weight is 176 g/mol. The molecule has 0 unspecified atom stereocenters. The smallest absolute Gasteiger partial charge is 0.193 e. The van der Waals surface area contributed by atoms with Crippen LogP contribution in [0.4, 0.5) is 20.2 Å². The highest BCUT2D eigenvalue weighted by Crippen LogP contribution is 2.38. The van der Waals surface area contributed by atoms with E-state index in [2.05, 4.69) is 0 Å². The van der Waals surface area contributed by atoms with Crippen LogP contribution in [0.1, 0.15) is 0 Å². The Morgan fingerprint density at radius 2 is 1.08 bits per heavy atom. The molecule has 66 valence electrons. The third-order valence-electron chi connectivity index (χ3n) is 1.40. The number of anilines is 2. The molecule has 0 aliphatic heterocycles. The summed E-state index contributed by atoms with van der Waals surface area (Å²) in [6.45, 7) is 0. The minimum Gasteiger partial charge on any atom is -0.503 e. The molecule has 6 N–H and O–H groups in total. The summed E-state index contributed by atoms with van der Waals surface area (Å²) in [6.07, 6.45) is 0. The zero-order valence-corrected chi connectivity index (χ0v) is 5.81. The van der Waals surface area contributed by atoms with Gasteiger partial charge in [-0.25, -0.2) is 8.78 Å². The average Bonchev–Trinajstić information content (AvgIpc) is 2.08. The molecule has 1 rings (SSSR count). The van der Waals surface area contributed by atoms with Gasteiger partial charge in [0.25, 0.3) is 0 Å². The van der Waals surface area contributed by atoms with Crippen molar-refractivity contribution in [3.63, 3.8) is 0 Å². The van der Waals surface area contributed by atoms with Crippen molar-refractivity contribution in [2.45, 2.75) is 0 Å². The summed E-state index contributed by atoms with van der Waals surface area (Å²) in [7, 11) is 0. The van der Waals surface area contributed by atoms with Gasteiger partial charge in [0.1, 0.15) is 11.4 Å². The lowest BCUT2D eigenvalue weighted by molar-refractivity contribution is 0.405. The molecule has 0 atom stereocenters. The maximum Gasteiger partial charge on any atom is 0.193 e. The standard InChI is InChI=1S/C6H6F2N2O2/c7-1-3(9)6(12)2(8)4(10)5(1)11/h11-12H,9-10H2. The molecule has 0 heterocycles. The number of nitrogens with two attached hydrogens (primary N) is 2. The molecular weight excluding hydrogens is 170 g/mol. The van der Waals surface area contributed by atoms with E-state index in [1.54, 1.807) is 0 Å². The number of hydrogen-bond donors (Lipinski definition) is 4. The van der Waals surface area contributed by atoms with E-state index in [9.17, 15) is 8.78 Å². The van der Waals surface area contributed by atoms with E-state index < -0.39 is 34.5 Å². The van der Waals surface area contributed by atoms with Crippen LogP contribution < -0.4 is 11.5 Å². The van der Waals surface area contributed by atoms with Crippen molar-refractivity contribution < 1.29 is 19.0 Å². The third kappa shape index (κ3) is 0.884. The second-order valence-electron chi connectivity index (χ2n) is 2.15. The zero-order valence-electron chi connectivity index (χ0n) is 5.81. The predicted molar refractivity (Wildman–Crippen MR) is 38.5 cm³/mol. The predicted octanol–water partition coefficient (Wildman–Crippen LogP) is 0.540. The number of phenols is 2. The third-order valence-corrected chi connectivity index (χ3v) is 1.40. The molecule has 1 aromatic carbocycles. The summed E-state index contributed by atoms with van der Waals surface area (Å²) in [5, 5.41) is 17.5. The maximum atomic E-state index is 12.7. The highest BCUT2D eigenvalue weighted by Gasteiger charge is 2.20. The molecule has 0 saturated heterocycles. The SMILES string of the molecule is Nc1c(O)c(F)c(N)c(O)c1F. The van der Waals surface area contributed by atoms with Crippen LogP contribution in [0.2, 0.25) is 0 Å². The Bertz CT molecular complexity index is 236. The van der Waals surface area contributed by atoms with Gasteiger partial charge < -0.3 is 21.7 Å². The van der Waals surface area contributed by atoms with Crippen molar-refractivity contribution in [1.82, 2.24) is 0 Å². The molecule has 1 aromatic rings. The fourth-order valence-electron chi connectivity index (χ4n) is 0.699. The van der Waals surface area contributed by atoms with Crippen LogP contribution in [0.25, 0.3) is 0 Å².